The van der Waals surface area contributed by atoms with Crippen molar-refractivity contribution in [2.45, 2.75) is 0 Å². The number of nitrogens with zero attached hydrogens (tertiary/aromatic N) is 1. The molecule has 0 atom stereocenters. The van der Waals surface area contributed by atoms with Crippen LogP contribution in [0.3, 0.4) is 0 Å². The van der Waals surface area contributed by atoms with Crippen molar-refractivity contribution < 1.29 is 4.74 Å². The van der Waals surface area contributed by atoms with Crippen molar-refractivity contribution in [3.05, 3.63) is 24.1 Å². The Labute approximate surface area is 60.9 Å². The third-order valence-corrected chi connectivity index (χ3v) is 1.02. The van der Waals surface area contributed by atoms with Gasteiger partial charge in [0.15, 0.2) is 0 Å². The molecule has 0 amide bonds. The van der Waals surface area contributed by atoms with Crippen molar-refractivity contribution in [1.82, 2.24) is 0 Å². The Bertz CT molecular complexity index is 161. The largest absolute Gasteiger partial charge is 0.495 e. The van der Waals surface area contributed by atoms with Crippen molar-refractivity contribution in [1.29, 1.82) is 0 Å². The fourth-order valence-electron chi connectivity index (χ4n) is 0.472. The highest BCUT2D eigenvalue weighted by atomic mass is 16.5. The van der Waals surface area contributed by atoms with Crippen LogP contribution in [0.15, 0.2) is 29.1 Å². The van der Waals surface area contributed by atoms with Crippen molar-refractivity contribution >= 4 is 6.72 Å². The molecule has 3 heteroatoms. The van der Waals surface area contributed by atoms with Crippen LogP contribution in [0.5, 0.6) is 0 Å². The number of aliphatic imine (C=N–C) groups is 1. The zero-order chi connectivity index (χ0) is 7.98. The van der Waals surface area contributed by atoms with Crippen LogP contribution in [0.2, 0.25) is 0 Å². The number of methoxy groups -OCH3 is 1. The molecule has 0 bridgehead atoms. The minimum Gasteiger partial charge on any atom is -0.495 e. The van der Waals surface area contributed by atoms with Crippen molar-refractivity contribution in [2.75, 3.05) is 13.7 Å². The maximum absolute atomic E-state index is 5.30. The zero-order valence-corrected chi connectivity index (χ0v) is 6.13. The van der Waals surface area contributed by atoms with E-state index in [-0.39, 0.29) is 0 Å². The average molecular weight is 140 g/mol. The van der Waals surface area contributed by atoms with Crippen LogP contribution in [-0.4, -0.2) is 20.4 Å². The summed E-state index contributed by atoms with van der Waals surface area (Å²) < 4.78 is 4.89. The molecular formula is C7H12N2O. The lowest BCUT2D eigenvalue weighted by molar-refractivity contribution is 0.299. The molecule has 2 N–H and O–H groups in total. The van der Waals surface area contributed by atoms with Crippen molar-refractivity contribution in [2.24, 2.45) is 10.7 Å². The number of nitrogens with two attached hydrogens (primary N) is 1. The van der Waals surface area contributed by atoms with E-state index in [1.54, 1.807) is 0 Å². The third-order valence-electron chi connectivity index (χ3n) is 1.02. The predicted molar refractivity (Wildman–Crippen MR) is 42.8 cm³/mol. The molecule has 0 rings (SSSR count). The molecule has 0 saturated carbocycles. The first-order valence-electron chi connectivity index (χ1n) is 2.84. The van der Waals surface area contributed by atoms with E-state index < -0.39 is 0 Å². The van der Waals surface area contributed by atoms with E-state index in [0.717, 1.165) is 5.57 Å². The van der Waals surface area contributed by atoms with E-state index in [2.05, 4.69) is 18.3 Å². The van der Waals surface area contributed by atoms with Gasteiger partial charge in [0.2, 0.25) is 0 Å². The molecule has 0 aliphatic heterocycles. The molecule has 0 heterocycles. The van der Waals surface area contributed by atoms with Crippen LogP contribution in [0.25, 0.3) is 0 Å². The minimum absolute atomic E-state index is 0.370. The topological polar surface area (TPSA) is 47.6 Å². The van der Waals surface area contributed by atoms with E-state index in [4.69, 9.17) is 10.5 Å². The number of rotatable bonds is 4. The summed E-state index contributed by atoms with van der Waals surface area (Å²) in [4.78, 5) is 3.52. The number of ether oxygens (including phenoxy) is 1. The van der Waals surface area contributed by atoms with E-state index in [9.17, 15) is 0 Å². The zero-order valence-electron chi connectivity index (χ0n) is 6.13. The first-order valence-corrected chi connectivity index (χ1v) is 2.84. The SMILES string of the molecule is C=N/C=C(/OC)C(=C)CN. The van der Waals surface area contributed by atoms with Gasteiger partial charge in [-0.25, -0.2) is 0 Å². The second-order valence-corrected chi connectivity index (χ2v) is 1.69. The summed E-state index contributed by atoms with van der Waals surface area (Å²) in [6.45, 7) is 7.30. The number of hydrogen-bond acceptors (Lipinski definition) is 3. The molecule has 0 radical (unpaired) electrons. The molecule has 56 valence electrons. The normalized spacial score (nSPS) is 10.8. The van der Waals surface area contributed by atoms with Crippen LogP contribution in [-0.2, 0) is 4.74 Å². The summed E-state index contributed by atoms with van der Waals surface area (Å²) in [6.07, 6.45) is 1.48. The van der Waals surface area contributed by atoms with E-state index in [0.29, 0.717) is 12.3 Å². The Kier molecular flexibility index (Phi) is 4.24. The Morgan fingerprint density at radius 3 is 2.70 bits per heavy atom. The summed E-state index contributed by atoms with van der Waals surface area (Å²) in [6, 6.07) is 0. The molecule has 0 aliphatic rings. The Balaban J connectivity index is 4.19. The van der Waals surface area contributed by atoms with Crippen molar-refractivity contribution in [3.8, 4) is 0 Å². The van der Waals surface area contributed by atoms with Crippen LogP contribution < -0.4 is 5.73 Å². The van der Waals surface area contributed by atoms with Gasteiger partial charge in [0, 0.05) is 12.1 Å². The van der Waals surface area contributed by atoms with Crippen molar-refractivity contribution in [3.63, 3.8) is 0 Å². The van der Waals surface area contributed by atoms with E-state index in [1.165, 1.54) is 13.3 Å². The lowest BCUT2D eigenvalue weighted by atomic mass is 10.2. The highest BCUT2D eigenvalue weighted by molar-refractivity contribution is 5.30. The molecule has 3 nitrogen and oxygen atoms in total. The van der Waals surface area contributed by atoms with Gasteiger partial charge in [-0.05, 0) is 6.72 Å². The molecule has 0 aliphatic carbocycles. The molecule has 0 saturated heterocycles. The monoisotopic (exact) mass is 140 g/mol. The maximum Gasteiger partial charge on any atom is 0.140 e. The third kappa shape index (κ3) is 2.46. The standard InChI is InChI=1S/C7H12N2O/c1-6(4-8)7(10-3)5-9-2/h5H,1-2,4,8H2,3H3/b7-5+. The smallest absolute Gasteiger partial charge is 0.140 e. The molecule has 0 unspecified atom stereocenters. The second kappa shape index (κ2) is 4.76. The van der Waals surface area contributed by atoms with Crippen LogP contribution in [0.4, 0.5) is 0 Å². The number of hydrogen-bond donors (Lipinski definition) is 1. The lowest BCUT2D eigenvalue weighted by Gasteiger charge is -2.04. The average Bonchev–Trinajstić information content (AvgIpc) is 1.99. The van der Waals surface area contributed by atoms with Gasteiger partial charge in [-0.1, -0.05) is 6.58 Å². The quantitative estimate of drug-likeness (QED) is 0.355. The van der Waals surface area contributed by atoms with Gasteiger partial charge in [-0.15, -0.1) is 0 Å². The first kappa shape index (κ1) is 8.91. The van der Waals surface area contributed by atoms with Gasteiger partial charge in [0.05, 0.1) is 13.3 Å². The Morgan fingerprint density at radius 2 is 2.40 bits per heavy atom. The fourth-order valence-corrected chi connectivity index (χ4v) is 0.472. The van der Waals surface area contributed by atoms with E-state index in [1.807, 2.05) is 0 Å². The highest BCUT2D eigenvalue weighted by Crippen LogP contribution is 2.05. The molecule has 0 aromatic heterocycles. The predicted octanol–water partition coefficient (Wildman–Crippen LogP) is 0.690. The summed E-state index contributed by atoms with van der Waals surface area (Å²) >= 11 is 0. The van der Waals surface area contributed by atoms with Crippen LogP contribution >= 0.6 is 0 Å². The summed E-state index contributed by atoms with van der Waals surface area (Å²) in [7, 11) is 1.54. The van der Waals surface area contributed by atoms with Crippen LogP contribution in [0, 0.1) is 0 Å². The molecule has 10 heavy (non-hydrogen) atoms. The molecule has 0 spiro atoms. The molecular weight excluding hydrogens is 128 g/mol. The van der Waals surface area contributed by atoms with Gasteiger partial charge < -0.3 is 10.5 Å². The van der Waals surface area contributed by atoms with Crippen LogP contribution in [0.1, 0.15) is 0 Å². The first-order chi connectivity index (χ1) is 4.76. The molecule has 0 aromatic carbocycles. The van der Waals surface area contributed by atoms with Gasteiger partial charge in [-0.2, -0.15) is 0 Å². The molecule has 0 fully saturated rings. The summed E-state index contributed by atoms with van der Waals surface area (Å²) in [5, 5.41) is 0. The maximum atomic E-state index is 5.30. The highest BCUT2D eigenvalue weighted by Gasteiger charge is 1.97. The van der Waals surface area contributed by atoms with Gasteiger partial charge in [0.25, 0.3) is 0 Å². The molecule has 0 aromatic rings. The lowest BCUT2D eigenvalue weighted by Crippen LogP contribution is -2.05. The summed E-state index contributed by atoms with van der Waals surface area (Å²) in [5.41, 5.74) is 6.01. The summed E-state index contributed by atoms with van der Waals surface area (Å²) in [5.74, 6) is 0.581. The Hall–Kier alpha value is -1.09. The van der Waals surface area contributed by atoms with Gasteiger partial charge >= 0.3 is 0 Å². The minimum atomic E-state index is 0.370. The van der Waals surface area contributed by atoms with E-state index >= 15 is 0 Å². The Morgan fingerprint density at radius 1 is 1.80 bits per heavy atom. The van der Waals surface area contributed by atoms with Gasteiger partial charge in [0.1, 0.15) is 5.76 Å². The fraction of sp³-hybridized carbons (Fsp3) is 0.286. The second-order valence-electron chi connectivity index (χ2n) is 1.69. The van der Waals surface area contributed by atoms with Gasteiger partial charge in [-0.3, -0.25) is 4.99 Å².